The molecule has 1 aromatic carbocycles. The minimum atomic E-state index is -0.510. The topological polar surface area (TPSA) is 56.2 Å². The van der Waals surface area contributed by atoms with Crippen LogP contribution in [0.4, 0.5) is 0 Å². The van der Waals surface area contributed by atoms with E-state index in [2.05, 4.69) is 10.2 Å². The summed E-state index contributed by atoms with van der Waals surface area (Å²) in [6.45, 7) is 4.50. The third kappa shape index (κ3) is 2.14. The highest BCUT2D eigenvalue weighted by Gasteiger charge is 2.50. The number of amides is 1. The van der Waals surface area contributed by atoms with Crippen LogP contribution in [0, 0.1) is 11.3 Å². The second-order valence-electron chi connectivity index (χ2n) is 5.94. The molecule has 4 nitrogen and oxygen atoms in total. The van der Waals surface area contributed by atoms with Crippen LogP contribution in [0.3, 0.4) is 0 Å². The lowest BCUT2D eigenvalue weighted by molar-refractivity contribution is -0.122. The van der Waals surface area contributed by atoms with E-state index in [1.54, 1.807) is 6.92 Å². The van der Waals surface area contributed by atoms with E-state index in [1.165, 1.54) is 0 Å². The summed E-state index contributed by atoms with van der Waals surface area (Å²) < 4.78 is 0. The van der Waals surface area contributed by atoms with Crippen molar-refractivity contribution >= 4 is 11.6 Å². The summed E-state index contributed by atoms with van der Waals surface area (Å²) in [6.07, 6.45) is 2.13. The Balaban J connectivity index is 1.98. The third-order valence-electron chi connectivity index (χ3n) is 4.67. The van der Waals surface area contributed by atoms with E-state index in [1.807, 2.05) is 30.3 Å². The van der Waals surface area contributed by atoms with Gasteiger partial charge in [-0.15, -0.1) is 0 Å². The van der Waals surface area contributed by atoms with Gasteiger partial charge >= 0.3 is 0 Å². The SMILES string of the molecule is CC(=O)NC1(C(=N)c2ccccc2)CN2CCC1CC2. The van der Waals surface area contributed by atoms with Crippen LogP contribution < -0.4 is 5.32 Å². The summed E-state index contributed by atoms with van der Waals surface area (Å²) in [5, 5.41) is 11.8. The Labute approximate surface area is 119 Å². The average Bonchev–Trinajstić information content (AvgIpc) is 2.48. The zero-order valence-corrected chi connectivity index (χ0v) is 11.9. The minimum absolute atomic E-state index is 0.0422. The first-order valence-electron chi connectivity index (χ1n) is 7.27. The van der Waals surface area contributed by atoms with Gasteiger partial charge in [-0.3, -0.25) is 4.79 Å². The summed E-state index contributed by atoms with van der Waals surface area (Å²) in [5.74, 6) is 0.337. The van der Waals surface area contributed by atoms with E-state index in [-0.39, 0.29) is 5.91 Å². The zero-order valence-electron chi connectivity index (χ0n) is 11.9. The fraction of sp³-hybridized carbons (Fsp3) is 0.500. The van der Waals surface area contributed by atoms with Crippen molar-refractivity contribution in [2.24, 2.45) is 5.92 Å². The third-order valence-corrected chi connectivity index (χ3v) is 4.67. The number of hydrogen-bond donors (Lipinski definition) is 2. The Morgan fingerprint density at radius 2 is 1.95 bits per heavy atom. The number of carbonyl (C=O) groups excluding carboxylic acids is 1. The molecule has 20 heavy (non-hydrogen) atoms. The van der Waals surface area contributed by atoms with Crippen molar-refractivity contribution < 1.29 is 4.79 Å². The average molecular weight is 271 g/mol. The first kappa shape index (κ1) is 13.3. The molecule has 1 unspecified atom stereocenters. The fourth-order valence-corrected chi connectivity index (χ4v) is 3.73. The van der Waals surface area contributed by atoms with Crippen LogP contribution in [0.1, 0.15) is 25.3 Å². The van der Waals surface area contributed by atoms with Gasteiger partial charge in [0.25, 0.3) is 0 Å². The van der Waals surface area contributed by atoms with E-state index in [0.717, 1.165) is 38.0 Å². The molecule has 3 fully saturated rings. The molecule has 3 aliphatic rings. The molecule has 3 heterocycles. The molecular weight excluding hydrogens is 250 g/mol. The van der Waals surface area contributed by atoms with E-state index < -0.39 is 5.54 Å². The summed E-state index contributed by atoms with van der Waals surface area (Å²) in [5.41, 5.74) is 0.960. The lowest BCUT2D eigenvalue weighted by Gasteiger charge is -2.53. The Hall–Kier alpha value is -1.68. The number of fused-ring (bicyclic) bond motifs is 3. The second kappa shape index (κ2) is 5.02. The molecule has 3 aliphatic heterocycles. The molecule has 0 saturated carbocycles. The largest absolute Gasteiger partial charge is 0.344 e. The van der Waals surface area contributed by atoms with Gasteiger partial charge in [0.15, 0.2) is 0 Å². The Morgan fingerprint density at radius 1 is 1.30 bits per heavy atom. The maximum atomic E-state index is 11.7. The van der Waals surface area contributed by atoms with Crippen LogP contribution in [-0.4, -0.2) is 41.7 Å². The molecule has 2 N–H and O–H groups in total. The number of hydrogen-bond acceptors (Lipinski definition) is 3. The summed E-state index contributed by atoms with van der Waals surface area (Å²) in [7, 11) is 0. The van der Waals surface area contributed by atoms with Crippen LogP contribution in [0.5, 0.6) is 0 Å². The minimum Gasteiger partial charge on any atom is -0.344 e. The molecule has 0 aliphatic carbocycles. The van der Waals surface area contributed by atoms with Crippen molar-refractivity contribution in [2.45, 2.75) is 25.3 Å². The van der Waals surface area contributed by atoms with E-state index in [9.17, 15) is 4.79 Å². The predicted octanol–water partition coefficient (Wildman–Crippen LogP) is 1.65. The van der Waals surface area contributed by atoms with Crippen LogP contribution >= 0.6 is 0 Å². The van der Waals surface area contributed by atoms with E-state index in [4.69, 9.17) is 5.41 Å². The molecule has 4 rings (SSSR count). The van der Waals surface area contributed by atoms with Gasteiger partial charge < -0.3 is 15.6 Å². The van der Waals surface area contributed by atoms with Crippen molar-refractivity contribution in [3.8, 4) is 0 Å². The molecule has 0 aromatic heterocycles. The molecule has 0 spiro atoms. The number of nitrogens with one attached hydrogen (secondary N) is 2. The molecule has 1 atom stereocenters. The van der Waals surface area contributed by atoms with E-state index >= 15 is 0 Å². The smallest absolute Gasteiger partial charge is 0.217 e. The molecule has 4 heteroatoms. The number of rotatable bonds is 3. The lowest BCUT2D eigenvalue weighted by Crippen LogP contribution is -2.70. The Bertz CT molecular complexity index is 520. The maximum Gasteiger partial charge on any atom is 0.217 e. The first-order valence-corrected chi connectivity index (χ1v) is 7.27. The second-order valence-corrected chi connectivity index (χ2v) is 5.94. The van der Waals surface area contributed by atoms with Gasteiger partial charge in [0.1, 0.15) is 0 Å². The monoisotopic (exact) mass is 271 g/mol. The molecule has 3 saturated heterocycles. The van der Waals surface area contributed by atoms with Gasteiger partial charge in [0.05, 0.1) is 11.3 Å². The van der Waals surface area contributed by atoms with Crippen molar-refractivity contribution in [2.75, 3.05) is 19.6 Å². The van der Waals surface area contributed by atoms with Gasteiger partial charge in [-0.05, 0) is 37.4 Å². The highest BCUT2D eigenvalue weighted by molar-refractivity contribution is 6.07. The van der Waals surface area contributed by atoms with Crippen molar-refractivity contribution in [1.29, 1.82) is 5.41 Å². The van der Waals surface area contributed by atoms with Crippen LogP contribution in [0.25, 0.3) is 0 Å². The van der Waals surface area contributed by atoms with Crippen LogP contribution in [-0.2, 0) is 4.79 Å². The standard InChI is InChI=1S/C16H21N3O/c1-12(20)18-16(11-19-9-7-14(16)8-10-19)15(17)13-5-3-2-4-6-13/h2-6,14,17H,7-11H2,1H3,(H,18,20). The van der Waals surface area contributed by atoms with Crippen LogP contribution in [0.2, 0.25) is 0 Å². The van der Waals surface area contributed by atoms with Crippen molar-refractivity contribution in [1.82, 2.24) is 10.2 Å². The highest BCUT2D eigenvalue weighted by Crippen LogP contribution is 2.37. The normalized spacial score (nSPS) is 31.9. The van der Waals surface area contributed by atoms with Gasteiger partial charge in [-0.1, -0.05) is 30.3 Å². The van der Waals surface area contributed by atoms with Gasteiger partial charge in [-0.2, -0.15) is 0 Å². The summed E-state index contributed by atoms with van der Waals surface area (Å²) in [6, 6.07) is 9.78. The number of piperidine rings is 3. The van der Waals surface area contributed by atoms with Gasteiger partial charge in [0, 0.05) is 13.5 Å². The molecule has 1 amide bonds. The van der Waals surface area contributed by atoms with Crippen molar-refractivity contribution in [3.05, 3.63) is 35.9 Å². The quantitative estimate of drug-likeness (QED) is 0.821. The molecule has 0 radical (unpaired) electrons. The number of carbonyl (C=O) groups is 1. The lowest BCUT2D eigenvalue weighted by atomic mass is 9.68. The molecule has 106 valence electrons. The van der Waals surface area contributed by atoms with Gasteiger partial charge in [0.2, 0.25) is 5.91 Å². The van der Waals surface area contributed by atoms with Crippen molar-refractivity contribution in [3.63, 3.8) is 0 Å². The molecular formula is C16H21N3O. The van der Waals surface area contributed by atoms with E-state index in [0.29, 0.717) is 11.6 Å². The first-order chi connectivity index (χ1) is 9.62. The Kier molecular flexibility index (Phi) is 3.34. The van der Waals surface area contributed by atoms with Crippen LogP contribution in [0.15, 0.2) is 30.3 Å². The van der Waals surface area contributed by atoms with Gasteiger partial charge in [-0.25, -0.2) is 0 Å². The maximum absolute atomic E-state index is 11.7. The molecule has 1 aromatic rings. The predicted molar refractivity (Wildman–Crippen MR) is 79.0 cm³/mol. The number of benzene rings is 1. The Morgan fingerprint density at radius 3 is 2.45 bits per heavy atom. The number of nitrogens with zero attached hydrogens (tertiary/aromatic N) is 1. The fourth-order valence-electron chi connectivity index (χ4n) is 3.73. The summed E-state index contributed by atoms with van der Waals surface area (Å²) in [4.78, 5) is 14.1. The highest BCUT2D eigenvalue weighted by atomic mass is 16.1. The molecule has 2 bridgehead atoms. The zero-order chi connectivity index (χ0) is 14.2. The summed E-state index contributed by atoms with van der Waals surface area (Å²) >= 11 is 0.